The van der Waals surface area contributed by atoms with Crippen LogP contribution in [0.5, 0.6) is 5.75 Å². The zero-order valence-corrected chi connectivity index (χ0v) is 10.2. The zero-order valence-electron chi connectivity index (χ0n) is 10.2. The van der Waals surface area contributed by atoms with Crippen LogP contribution in [-0.4, -0.2) is 5.11 Å². The second kappa shape index (κ2) is 5.22. The predicted octanol–water partition coefficient (Wildman–Crippen LogP) is 3.73. The predicted molar refractivity (Wildman–Crippen MR) is 66.5 cm³/mol. The van der Waals surface area contributed by atoms with Gasteiger partial charge in [0.2, 0.25) is 0 Å². The van der Waals surface area contributed by atoms with Crippen molar-refractivity contribution in [1.29, 1.82) is 0 Å². The molecule has 2 aromatic rings. The summed E-state index contributed by atoms with van der Waals surface area (Å²) in [5, 5.41) is 12.3. The molecule has 0 radical (unpaired) electrons. The van der Waals surface area contributed by atoms with Crippen LogP contribution in [0.2, 0.25) is 0 Å². The van der Waals surface area contributed by atoms with Crippen LogP contribution < -0.4 is 5.32 Å². The number of rotatable bonds is 3. The number of hydrogen-bond donors (Lipinski definition) is 2. The first-order valence-corrected chi connectivity index (χ1v) is 5.64. The highest BCUT2D eigenvalue weighted by molar-refractivity contribution is 5.50. The van der Waals surface area contributed by atoms with E-state index in [-0.39, 0.29) is 12.3 Å². The Morgan fingerprint density at radius 3 is 2.26 bits per heavy atom. The van der Waals surface area contributed by atoms with Gasteiger partial charge in [0.25, 0.3) is 0 Å². The third-order valence-corrected chi connectivity index (χ3v) is 2.74. The highest BCUT2D eigenvalue weighted by Crippen LogP contribution is 2.21. The van der Waals surface area contributed by atoms with E-state index in [4.69, 9.17) is 0 Å². The summed E-state index contributed by atoms with van der Waals surface area (Å²) in [6.07, 6.45) is 0. The van der Waals surface area contributed by atoms with Crippen LogP contribution in [-0.2, 0) is 6.54 Å². The molecule has 0 heterocycles. The molecule has 0 unspecified atom stereocenters. The molecular formula is C14H12F3NO. The zero-order chi connectivity index (χ0) is 14.0. The lowest BCUT2D eigenvalue weighted by atomic mass is 10.1. The number of anilines is 1. The van der Waals surface area contributed by atoms with Gasteiger partial charge >= 0.3 is 0 Å². The van der Waals surface area contributed by atoms with Crippen LogP contribution in [0.4, 0.5) is 18.9 Å². The van der Waals surface area contributed by atoms with Crippen molar-refractivity contribution in [2.24, 2.45) is 0 Å². The first-order valence-electron chi connectivity index (χ1n) is 5.64. The molecule has 0 saturated heterocycles. The maximum atomic E-state index is 13.0. The van der Waals surface area contributed by atoms with Gasteiger partial charge in [-0.05, 0) is 48.4 Å². The first kappa shape index (κ1) is 13.3. The summed E-state index contributed by atoms with van der Waals surface area (Å²) in [5.41, 5.74) is 1.67. The SMILES string of the molecule is Cc1cc(NCc2cc(F)c(F)c(F)c2)ccc1O. The molecule has 0 atom stereocenters. The molecule has 0 spiro atoms. The van der Waals surface area contributed by atoms with Crippen molar-refractivity contribution >= 4 is 5.69 Å². The molecule has 2 rings (SSSR count). The quantitative estimate of drug-likeness (QED) is 0.656. The fraction of sp³-hybridized carbons (Fsp3) is 0.143. The summed E-state index contributed by atoms with van der Waals surface area (Å²) in [4.78, 5) is 0. The Morgan fingerprint density at radius 2 is 1.68 bits per heavy atom. The van der Waals surface area contributed by atoms with E-state index in [1.54, 1.807) is 19.1 Å². The number of aryl methyl sites for hydroxylation is 1. The fourth-order valence-corrected chi connectivity index (χ4v) is 1.68. The van der Waals surface area contributed by atoms with E-state index in [0.717, 1.165) is 12.1 Å². The van der Waals surface area contributed by atoms with Crippen LogP contribution >= 0.6 is 0 Å². The molecule has 0 aliphatic carbocycles. The lowest BCUT2D eigenvalue weighted by Crippen LogP contribution is -2.02. The molecule has 2 N–H and O–H groups in total. The maximum absolute atomic E-state index is 13.0. The van der Waals surface area contributed by atoms with E-state index >= 15 is 0 Å². The fourth-order valence-electron chi connectivity index (χ4n) is 1.68. The van der Waals surface area contributed by atoms with Crippen molar-refractivity contribution in [3.8, 4) is 5.75 Å². The second-order valence-electron chi connectivity index (χ2n) is 4.23. The van der Waals surface area contributed by atoms with E-state index in [9.17, 15) is 18.3 Å². The number of hydrogen-bond acceptors (Lipinski definition) is 2. The molecule has 2 nitrogen and oxygen atoms in total. The molecule has 19 heavy (non-hydrogen) atoms. The Morgan fingerprint density at radius 1 is 1.05 bits per heavy atom. The molecule has 0 saturated carbocycles. The van der Waals surface area contributed by atoms with Crippen molar-refractivity contribution < 1.29 is 18.3 Å². The molecule has 0 fully saturated rings. The van der Waals surface area contributed by atoms with Crippen molar-refractivity contribution in [3.63, 3.8) is 0 Å². The Bertz CT molecular complexity index is 591. The third kappa shape index (κ3) is 2.99. The van der Waals surface area contributed by atoms with Crippen LogP contribution in [0.25, 0.3) is 0 Å². The van der Waals surface area contributed by atoms with E-state index in [1.807, 2.05) is 0 Å². The third-order valence-electron chi connectivity index (χ3n) is 2.74. The molecule has 0 amide bonds. The van der Waals surface area contributed by atoms with Gasteiger partial charge in [0.05, 0.1) is 0 Å². The normalized spacial score (nSPS) is 10.5. The van der Waals surface area contributed by atoms with Crippen LogP contribution in [0.1, 0.15) is 11.1 Å². The van der Waals surface area contributed by atoms with Gasteiger partial charge in [-0.25, -0.2) is 13.2 Å². The van der Waals surface area contributed by atoms with Gasteiger partial charge in [0, 0.05) is 12.2 Å². The van der Waals surface area contributed by atoms with Gasteiger partial charge in [-0.1, -0.05) is 0 Å². The molecule has 0 aromatic heterocycles. The second-order valence-corrected chi connectivity index (χ2v) is 4.23. The molecule has 100 valence electrons. The smallest absolute Gasteiger partial charge is 0.194 e. The van der Waals surface area contributed by atoms with Crippen molar-refractivity contribution in [1.82, 2.24) is 0 Å². The van der Waals surface area contributed by atoms with Gasteiger partial charge in [-0.2, -0.15) is 0 Å². The van der Waals surface area contributed by atoms with Crippen molar-refractivity contribution in [2.75, 3.05) is 5.32 Å². The minimum absolute atomic E-state index is 0.151. The van der Waals surface area contributed by atoms with Gasteiger partial charge in [0.1, 0.15) is 5.75 Å². The molecule has 0 aliphatic rings. The minimum Gasteiger partial charge on any atom is -0.508 e. The molecule has 5 heteroatoms. The van der Waals surface area contributed by atoms with Crippen LogP contribution in [0.3, 0.4) is 0 Å². The summed E-state index contributed by atoms with van der Waals surface area (Å²) in [5.74, 6) is -3.72. The lowest BCUT2D eigenvalue weighted by molar-refractivity contribution is 0.445. The Hall–Kier alpha value is -2.17. The van der Waals surface area contributed by atoms with Crippen molar-refractivity contribution in [2.45, 2.75) is 13.5 Å². The summed E-state index contributed by atoms with van der Waals surface area (Å²) in [7, 11) is 0. The summed E-state index contributed by atoms with van der Waals surface area (Å²) in [6, 6.07) is 6.74. The topological polar surface area (TPSA) is 32.3 Å². The highest BCUT2D eigenvalue weighted by Gasteiger charge is 2.10. The number of phenols is 1. The summed E-state index contributed by atoms with van der Waals surface area (Å²) < 4.78 is 38.8. The summed E-state index contributed by atoms with van der Waals surface area (Å²) in [6.45, 7) is 1.88. The number of benzene rings is 2. The van der Waals surface area contributed by atoms with Gasteiger partial charge in [-0.15, -0.1) is 0 Å². The highest BCUT2D eigenvalue weighted by atomic mass is 19.2. The number of aromatic hydroxyl groups is 1. The molecule has 0 bridgehead atoms. The Labute approximate surface area is 108 Å². The largest absolute Gasteiger partial charge is 0.508 e. The van der Waals surface area contributed by atoms with Crippen LogP contribution in [0.15, 0.2) is 30.3 Å². The lowest BCUT2D eigenvalue weighted by Gasteiger charge is -2.09. The Balaban J connectivity index is 2.12. The minimum atomic E-state index is -1.47. The Kier molecular flexibility index (Phi) is 3.64. The van der Waals surface area contributed by atoms with Gasteiger partial charge < -0.3 is 10.4 Å². The average molecular weight is 267 g/mol. The monoisotopic (exact) mass is 267 g/mol. The molecule has 2 aromatic carbocycles. The van der Waals surface area contributed by atoms with Crippen LogP contribution in [0, 0.1) is 24.4 Å². The van der Waals surface area contributed by atoms with Gasteiger partial charge in [-0.3, -0.25) is 0 Å². The van der Waals surface area contributed by atoms with E-state index < -0.39 is 17.5 Å². The standard InChI is InChI=1S/C14H12F3NO/c1-8-4-10(2-3-13(8)19)18-7-9-5-11(15)14(17)12(16)6-9/h2-6,18-19H,7H2,1H3. The number of nitrogens with one attached hydrogen (secondary N) is 1. The molecular weight excluding hydrogens is 255 g/mol. The summed E-state index contributed by atoms with van der Waals surface area (Å²) >= 11 is 0. The van der Waals surface area contributed by atoms with E-state index in [1.165, 1.54) is 6.07 Å². The van der Waals surface area contributed by atoms with Crippen molar-refractivity contribution in [3.05, 3.63) is 58.9 Å². The van der Waals surface area contributed by atoms with E-state index in [2.05, 4.69) is 5.32 Å². The first-order chi connectivity index (χ1) is 8.97. The average Bonchev–Trinajstić information content (AvgIpc) is 2.37. The van der Waals surface area contributed by atoms with Gasteiger partial charge in [0.15, 0.2) is 17.5 Å². The number of phenolic OH excluding ortho intramolecular Hbond substituents is 1. The molecule has 0 aliphatic heterocycles. The maximum Gasteiger partial charge on any atom is 0.194 e. The van der Waals surface area contributed by atoms with E-state index in [0.29, 0.717) is 16.8 Å². The number of halogens is 3.